The first-order valence-corrected chi connectivity index (χ1v) is 7.87. The largest absolute Gasteiger partial charge is 0.338 e. The Morgan fingerprint density at radius 1 is 1.13 bits per heavy atom. The summed E-state index contributed by atoms with van der Waals surface area (Å²) in [6.07, 6.45) is 1.59. The van der Waals surface area contributed by atoms with E-state index in [2.05, 4.69) is 5.32 Å². The van der Waals surface area contributed by atoms with Crippen LogP contribution in [0.3, 0.4) is 0 Å². The number of carbonyl (C=O) groups excluding carboxylic acids is 2. The van der Waals surface area contributed by atoms with Crippen LogP contribution in [0.2, 0.25) is 0 Å². The van der Waals surface area contributed by atoms with Crippen molar-refractivity contribution in [2.45, 2.75) is 26.3 Å². The summed E-state index contributed by atoms with van der Waals surface area (Å²) < 4.78 is 0. The number of rotatable bonds is 4. The zero-order valence-electron chi connectivity index (χ0n) is 13.2. The van der Waals surface area contributed by atoms with Gasteiger partial charge in [-0.1, -0.05) is 30.3 Å². The summed E-state index contributed by atoms with van der Waals surface area (Å²) in [6, 6.07) is 15.1. The first-order valence-electron chi connectivity index (χ1n) is 7.87. The Labute approximate surface area is 136 Å². The third kappa shape index (κ3) is 3.59. The van der Waals surface area contributed by atoms with E-state index in [9.17, 15) is 9.59 Å². The van der Waals surface area contributed by atoms with Crippen molar-refractivity contribution in [1.82, 2.24) is 4.90 Å². The molecular weight excluding hydrogens is 288 g/mol. The number of nitrogens with one attached hydrogen (secondary N) is 1. The Bertz CT molecular complexity index is 722. The topological polar surface area (TPSA) is 49.4 Å². The van der Waals surface area contributed by atoms with E-state index in [1.807, 2.05) is 60.4 Å². The molecule has 118 valence electrons. The molecule has 1 aliphatic heterocycles. The van der Waals surface area contributed by atoms with Crippen molar-refractivity contribution in [3.63, 3.8) is 0 Å². The number of benzene rings is 2. The summed E-state index contributed by atoms with van der Waals surface area (Å²) in [6.45, 7) is 3.42. The number of carbonyl (C=O) groups is 2. The number of likely N-dealkylation sites (tertiary alicyclic amines) is 1. The summed E-state index contributed by atoms with van der Waals surface area (Å²) in [5.41, 5.74) is 3.52. The number of para-hydroxylation sites is 1. The van der Waals surface area contributed by atoms with Gasteiger partial charge in [-0.3, -0.25) is 9.59 Å². The molecule has 0 aliphatic carbocycles. The van der Waals surface area contributed by atoms with Gasteiger partial charge in [0.1, 0.15) is 0 Å². The second-order valence-corrected chi connectivity index (χ2v) is 5.88. The highest BCUT2D eigenvalue weighted by Gasteiger charge is 2.20. The lowest BCUT2D eigenvalue weighted by Crippen LogP contribution is -2.23. The molecule has 0 saturated carbocycles. The maximum Gasteiger partial charge on any atom is 0.255 e. The maximum atomic E-state index is 12.3. The minimum atomic E-state index is -0.122. The fraction of sp³-hybridized carbons (Fsp3) is 0.263. The summed E-state index contributed by atoms with van der Waals surface area (Å²) in [5, 5.41) is 2.92. The maximum absolute atomic E-state index is 12.3. The number of hydrogen-bond acceptors (Lipinski definition) is 2. The zero-order valence-corrected chi connectivity index (χ0v) is 13.2. The smallest absolute Gasteiger partial charge is 0.255 e. The third-order valence-electron chi connectivity index (χ3n) is 4.15. The van der Waals surface area contributed by atoms with E-state index < -0.39 is 0 Å². The van der Waals surface area contributed by atoms with E-state index in [1.165, 1.54) is 0 Å². The number of aryl methyl sites for hydroxylation is 1. The molecule has 0 atom stereocenters. The molecule has 0 unspecified atom stereocenters. The van der Waals surface area contributed by atoms with E-state index >= 15 is 0 Å². The van der Waals surface area contributed by atoms with E-state index in [1.54, 1.807) is 0 Å². The molecule has 2 aromatic carbocycles. The Hall–Kier alpha value is -2.62. The number of hydrogen-bond donors (Lipinski definition) is 1. The molecule has 0 aromatic heterocycles. The molecule has 3 rings (SSSR count). The lowest BCUT2D eigenvalue weighted by Gasteiger charge is -2.15. The minimum absolute atomic E-state index is 0.122. The van der Waals surface area contributed by atoms with Crippen LogP contribution in [0.1, 0.15) is 34.3 Å². The molecule has 1 N–H and O–H groups in total. The van der Waals surface area contributed by atoms with E-state index in [0.717, 1.165) is 29.8 Å². The molecule has 0 bridgehead atoms. The van der Waals surface area contributed by atoms with Gasteiger partial charge < -0.3 is 10.2 Å². The molecule has 2 amide bonds. The molecule has 0 spiro atoms. The fourth-order valence-electron chi connectivity index (χ4n) is 2.76. The van der Waals surface area contributed by atoms with Gasteiger partial charge in [-0.05, 0) is 42.7 Å². The summed E-state index contributed by atoms with van der Waals surface area (Å²) in [4.78, 5) is 25.8. The first-order chi connectivity index (χ1) is 11.1. The average molecular weight is 308 g/mol. The van der Waals surface area contributed by atoms with Gasteiger partial charge in [-0.25, -0.2) is 0 Å². The van der Waals surface area contributed by atoms with Gasteiger partial charge in [0.15, 0.2) is 0 Å². The molecule has 4 nitrogen and oxygen atoms in total. The first kappa shape index (κ1) is 15.3. The van der Waals surface area contributed by atoms with Crippen LogP contribution < -0.4 is 5.32 Å². The minimum Gasteiger partial charge on any atom is -0.338 e. The van der Waals surface area contributed by atoms with Crippen LogP contribution in [0.25, 0.3) is 0 Å². The molecule has 2 aromatic rings. The van der Waals surface area contributed by atoms with E-state index in [4.69, 9.17) is 0 Å². The summed E-state index contributed by atoms with van der Waals surface area (Å²) in [5.74, 6) is 0.0921. The van der Waals surface area contributed by atoms with Gasteiger partial charge in [0.25, 0.3) is 5.91 Å². The fourth-order valence-corrected chi connectivity index (χ4v) is 2.76. The molecule has 1 fully saturated rings. The summed E-state index contributed by atoms with van der Waals surface area (Å²) >= 11 is 0. The normalized spacial score (nSPS) is 14.1. The Morgan fingerprint density at radius 3 is 2.52 bits per heavy atom. The van der Waals surface area contributed by atoms with E-state index in [0.29, 0.717) is 18.5 Å². The highest BCUT2D eigenvalue weighted by molar-refractivity contribution is 6.04. The molecule has 1 saturated heterocycles. The predicted octanol–water partition coefficient (Wildman–Crippen LogP) is 3.37. The third-order valence-corrected chi connectivity index (χ3v) is 4.15. The van der Waals surface area contributed by atoms with Gasteiger partial charge in [0.2, 0.25) is 5.91 Å². The van der Waals surface area contributed by atoms with Gasteiger partial charge in [0, 0.05) is 30.8 Å². The van der Waals surface area contributed by atoms with Crippen LogP contribution in [-0.2, 0) is 11.3 Å². The van der Waals surface area contributed by atoms with E-state index in [-0.39, 0.29) is 11.8 Å². The van der Waals surface area contributed by atoms with Gasteiger partial charge >= 0.3 is 0 Å². The number of nitrogens with zero attached hydrogens (tertiary/aromatic N) is 1. The van der Waals surface area contributed by atoms with Crippen molar-refractivity contribution in [3.05, 3.63) is 65.2 Å². The number of anilines is 1. The van der Waals surface area contributed by atoms with Crippen molar-refractivity contribution in [1.29, 1.82) is 0 Å². The second kappa shape index (κ2) is 6.65. The summed E-state index contributed by atoms with van der Waals surface area (Å²) in [7, 11) is 0. The monoisotopic (exact) mass is 308 g/mol. The van der Waals surface area contributed by atoms with Crippen LogP contribution >= 0.6 is 0 Å². The Kier molecular flexibility index (Phi) is 4.42. The quantitative estimate of drug-likeness (QED) is 0.941. The van der Waals surface area contributed by atoms with Crippen LogP contribution in [0, 0.1) is 6.92 Å². The van der Waals surface area contributed by atoms with Gasteiger partial charge in [-0.15, -0.1) is 0 Å². The Balaban J connectivity index is 1.66. The van der Waals surface area contributed by atoms with Gasteiger partial charge in [-0.2, -0.15) is 0 Å². The number of amides is 2. The van der Waals surface area contributed by atoms with Gasteiger partial charge in [0.05, 0.1) is 0 Å². The SMILES string of the molecule is Cc1ccccc1NC(=O)c1ccc(CN2CCCC2=O)cc1. The molecule has 4 heteroatoms. The second-order valence-electron chi connectivity index (χ2n) is 5.88. The van der Waals surface area contributed by atoms with Crippen molar-refractivity contribution in [2.75, 3.05) is 11.9 Å². The van der Waals surface area contributed by atoms with Crippen molar-refractivity contribution in [3.8, 4) is 0 Å². The lowest BCUT2D eigenvalue weighted by molar-refractivity contribution is -0.128. The van der Waals surface area contributed by atoms with Crippen LogP contribution in [-0.4, -0.2) is 23.3 Å². The lowest BCUT2D eigenvalue weighted by atomic mass is 10.1. The van der Waals surface area contributed by atoms with Crippen LogP contribution in [0.15, 0.2) is 48.5 Å². The molecule has 1 aliphatic rings. The van der Waals surface area contributed by atoms with Crippen molar-refractivity contribution in [2.24, 2.45) is 0 Å². The highest BCUT2D eigenvalue weighted by atomic mass is 16.2. The molecule has 0 radical (unpaired) electrons. The molecule has 1 heterocycles. The Morgan fingerprint density at radius 2 is 1.87 bits per heavy atom. The van der Waals surface area contributed by atoms with Crippen molar-refractivity contribution >= 4 is 17.5 Å². The molecular formula is C19H20N2O2. The van der Waals surface area contributed by atoms with Crippen molar-refractivity contribution < 1.29 is 9.59 Å². The highest BCUT2D eigenvalue weighted by Crippen LogP contribution is 2.17. The van der Waals surface area contributed by atoms with Crippen LogP contribution in [0.5, 0.6) is 0 Å². The standard InChI is InChI=1S/C19H20N2O2/c1-14-5-2-3-6-17(14)20-19(23)16-10-8-15(9-11-16)13-21-12-4-7-18(21)22/h2-3,5-6,8-11H,4,7,12-13H2,1H3,(H,20,23). The zero-order chi connectivity index (χ0) is 16.2. The molecule has 23 heavy (non-hydrogen) atoms. The average Bonchev–Trinajstić information content (AvgIpc) is 2.95. The predicted molar refractivity (Wildman–Crippen MR) is 90.2 cm³/mol. The van der Waals surface area contributed by atoms with Crippen LogP contribution in [0.4, 0.5) is 5.69 Å².